The van der Waals surface area contributed by atoms with E-state index in [9.17, 15) is 10.2 Å². The summed E-state index contributed by atoms with van der Waals surface area (Å²) in [6, 6.07) is 3.51. The Morgan fingerprint density at radius 2 is 2.07 bits per heavy atom. The molecule has 3 heteroatoms. The third-order valence-corrected chi connectivity index (χ3v) is 2.10. The van der Waals surface area contributed by atoms with Gasteiger partial charge < -0.3 is 14.9 Å². The van der Waals surface area contributed by atoms with Crippen LogP contribution in [0.2, 0.25) is 0 Å². The highest BCUT2D eigenvalue weighted by molar-refractivity contribution is 5.45. The first kappa shape index (κ1) is 10.9. The zero-order valence-corrected chi connectivity index (χ0v) is 8.74. The maximum atomic E-state index is 9.70. The fraction of sp³-hybridized carbons (Fsp3) is 0.455. The van der Waals surface area contributed by atoms with Crippen molar-refractivity contribution in [3.8, 4) is 11.5 Å². The zero-order valence-electron chi connectivity index (χ0n) is 8.74. The Morgan fingerprint density at radius 1 is 1.43 bits per heavy atom. The van der Waals surface area contributed by atoms with Gasteiger partial charge in [0.2, 0.25) is 0 Å². The second-order valence-corrected chi connectivity index (χ2v) is 3.51. The van der Waals surface area contributed by atoms with Gasteiger partial charge >= 0.3 is 0 Å². The van der Waals surface area contributed by atoms with E-state index in [0.717, 1.165) is 11.1 Å². The van der Waals surface area contributed by atoms with Crippen molar-refractivity contribution < 1.29 is 14.9 Å². The van der Waals surface area contributed by atoms with Crippen LogP contribution in [0, 0.1) is 6.92 Å². The minimum atomic E-state index is -0.465. The number of aliphatic hydroxyl groups excluding tert-OH is 1. The summed E-state index contributed by atoms with van der Waals surface area (Å²) < 4.78 is 5.08. The predicted molar refractivity (Wildman–Crippen MR) is 54.8 cm³/mol. The van der Waals surface area contributed by atoms with E-state index < -0.39 is 6.10 Å². The van der Waals surface area contributed by atoms with E-state index in [-0.39, 0.29) is 5.75 Å². The van der Waals surface area contributed by atoms with Crippen molar-refractivity contribution in [1.29, 1.82) is 0 Å². The SMILES string of the molecule is COc1cc(C)c(O)c(CC(C)O)c1. The second-order valence-electron chi connectivity index (χ2n) is 3.51. The lowest BCUT2D eigenvalue weighted by molar-refractivity contribution is 0.194. The number of phenolic OH excluding ortho intramolecular Hbond substituents is 1. The molecule has 0 heterocycles. The van der Waals surface area contributed by atoms with E-state index in [4.69, 9.17) is 4.74 Å². The molecule has 0 aliphatic carbocycles. The number of aliphatic hydroxyl groups is 1. The van der Waals surface area contributed by atoms with Crippen molar-refractivity contribution in [3.05, 3.63) is 23.3 Å². The molecule has 0 spiro atoms. The summed E-state index contributed by atoms with van der Waals surface area (Å²) in [5.41, 5.74) is 1.48. The van der Waals surface area contributed by atoms with Crippen LogP contribution >= 0.6 is 0 Å². The molecule has 1 rings (SSSR count). The van der Waals surface area contributed by atoms with Gasteiger partial charge in [-0.2, -0.15) is 0 Å². The largest absolute Gasteiger partial charge is 0.507 e. The third-order valence-electron chi connectivity index (χ3n) is 2.10. The number of rotatable bonds is 3. The molecule has 0 saturated heterocycles. The van der Waals surface area contributed by atoms with Gasteiger partial charge in [-0.05, 0) is 31.5 Å². The summed E-state index contributed by atoms with van der Waals surface area (Å²) in [7, 11) is 1.58. The molecule has 14 heavy (non-hydrogen) atoms. The Labute approximate surface area is 84.0 Å². The van der Waals surface area contributed by atoms with Gasteiger partial charge in [-0.3, -0.25) is 0 Å². The highest BCUT2D eigenvalue weighted by Gasteiger charge is 2.09. The van der Waals surface area contributed by atoms with Crippen LogP contribution in [-0.2, 0) is 6.42 Å². The summed E-state index contributed by atoms with van der Waals surface area (Å²) in [6.45, 7) is 3.50. The standard InChI is InChI=1S/C11H16O3/c1-7-4-10(14-3)6-9(11(7)13)5-8(2)12/h4,6,8,12-13H,5H2,1-3H3. The van der Waals surface area contributed by atoms with Gasteiger partial charge in [-0.15, -0.1) is 0 Å². The average molecular weight is 196 g/mol. The first-order valence-electron chi connectivity index (χ1n) is 4.59. The van der Waals surface area contributed by atoms with Crippen LogP contribution in [-0.4, -0.2) is 23.4 Å². The summed E-state index contributed by atoms with van der Waals surface area (Å²) in [6.07, 6.45) is -0.0310. The summed E-state index contributed by atoms with van der Waals surface area (Å²) in [4.78, 5) is 0. The van der Waals surface area contributed by atoms with Crippen molar-refractivity contribution in [3.63, 3.8) is 0 Å². The summed E-state index contributed by atoms with van der Waals surface area (Å²) in [5, 5.41) is 18.9. The van der Waals surface area contributed by atoms with Crippen LogP contribution < -0.4 is 4.74 Å². The van der Waals surface area contributed by atoms with E-state index in [1.807, 2.05) is 6.92 Å². The normalized spacial score (nSPS) is 12.6. The lowest BCUT2D eigenvalue weighted by Gasteiger charge is -2.11. The molecule has 0 amide bonds. The lowest BCUT2D eigenvalue weighted by atomic mass is 10.0. The van der Waals surface area contributed by atoms with Gasteiger partial charge in [0.05, 0.1) is 13.2 Å². The molecule has 0 bridgehead atoms. The maximum Gasteiger partial charge on any atom is 0.122 e. The van der Waals surface area contributed by atoms with E-state index in [2.05, 4.69) is 0 Å². The average Bonchev–Trinajstić information content (AvgIpc) is 2.11. The molecule has 3 nitrogen and oxygen atoms in total. The number of aryl methyl sites for hydroxylation is 1. The smallest absolute Gasteiger partial charge is 0.122 e. The number of phenols is 1. The predicted octanol–water partition coefficient (Wildman–Crippen LogP) is 1.63. The number of hydrogen-bond acceptors (Lipinski definition) is 3. The molecule has 0 aliphatic rings. The molecule has 1 aromatic rings. The van der Waals surface area contributed by atoms with Gasteiger partial charge in [-0.1, -0.05) is 0 Å². The van der Waals surface area contributed by atoms with E-state index in [0.29, 0.717) is 12.2 Å². The molecule has 1 unspecified atom stereocenters. The van der Waals surface area contributed by atoms with Crippen molar-refractivity contribution in [2.24, 2.45) is 0 Å². The van der Waals surface area contributed by atoms with Crippen molar-refractivity contribution >= 4 is 0 Å². The van der Waals surface area contributed by atoms with Crippen LogP contribution in [0.25, 0.3) is 0 Å². The van der Waals surface area contributed by atoms with Crippen LogP contribution in [0.4, 0.5) is 0 Å². The molecule has 0 aliphatic heterocycles. The van der Waals surface area contributed by atoms with Crippen LogP contribution in [0.1, 0.15) is 18.1 Å². The number of benzene rings is 1. The summed E-state index contributed by atoms with van der Waals surface area (Å²) >= 11 is 0. The molecule has 0 radical (unpaired) electrons. The Kier molecular flexibility index (Phi) is 3.36. The molecule has 1 aromatic carbocycles. The summed E-state index contributed by atoms with van der Waals surface area (Å²) in [5.74, 6) is 0.947. The van der Waals surface area contributed by atoms with Crippen molar-refractivity contribution in [2.75, 3.05) is 7.11 Å². The highest BCUT2D eigenvalue weighted by atomic mass is 16.5. The number of aromatic hydroxyl groups is 1. The first-order chi connectivity index (χ1) is 6.54. The second kappa shape index (κ2) is 4.33. The Bertz CT molecular complexity index is 319. The topological polar surface area (TPSA) is 49.7 Å². The molecule has 1 atom stereocenters. The fourth-order valence-corrected chi connectivity index (χ4v) is 1.41. The minimum Gasteiger partial charge on any atom is -0.507 e. The monoisotopic (exact) mass is 196 g/mol. The molecule has 0 fully saturated rings. The van der Waals surface area contributed by atoms with Gasteiger partial charge in [0, 0.05) is 12.0 Å². The van der Waals surface area contributed by atoms with Crippen molar-refractivity contribution in [2.45, 2.75) is 26.4 Å². The fourth-order valence-electron chi connectivity index (χ4n) is 1.41. The van der Waals surface area contributed by atoms with Crippen molar-refractivity contribution in [1.82, 2.24) is 0 Å². The molecular formula is C11H16O3. The highest BCUT2D eigenvalue weighted by Crippen LogP contribution is 2.28. The number of ether oxygens (including phenoxy) is 1. The quantitative estimate of drug-likeness (QED) is 0.772. The van der Waals surface area contributed by atoms with Crippen LogP contribution in [0.5, 0.6) is 11.5 Å². The number of hydrogen-bond donors (Lipinski definition) is 2. The van der Waals surface area contributed by atoms with Crippen LogP contribution in [0.3, 0.4) is 0 Å². The van der Waals surface area contributed by atoms with E-state index in [1.54, 1.807) is 26.2 Å². The van der Waals surface area contributed by atoms with E-state index >= 15 is 0 Å². The minimum absolute atomic E-state index is 0.242. The lowest BCUT2D eigenvalue weighted by Crippen LogP contribution is -2.05. The maximum absolute atomic E-state index is 9.70. The molecule has 2 N–H and O–H groups in total. The van der Waals surface area contributed by atoms with Crippen LogP contribution in [0.15, 0.2) is 12.1 Å². The molecule has 0 saturated carbocycles. The van der Waals surface area contributed by atoms with Gasteiger partial charge in [-0.25, -0.2) is 0 Å². The van der Waals surface area contributed by atoms with Gasteiger partial charge in [0.25, 0.3) is 0 Å². The zero-order chi connectivity index (χ0) is 10.7. The molecule has 78 valence electrons. The first-order valence-corrected chi connectivity index (χ1v) is 4.59. The van der Waals surface area contributed by atoms with Gasteiger partial charge in [0.1, 0.15) is 11.5 Å². The number of methoxy groups -OCH3 is 1. The molecule has 0 aromatic heterocycles. The van der Waals surface area contributed by atoms with Gasteiger partial charge in [0.15, 0.2) is 0 Å². The Morgan fingerprint density at radius 3 is 2.57 bits per heavy atom. The van der Waals surface area contributed by atoms with E-state index in [1.165, 1.54) is 0 Å². The Hall–Kier alpha value is -1.22. The molecular weight excluding hydrogens is 180 g/mol. The third kappa shape index (κ3) is 2.39. The Balaban J connectivity index is 3.07.